The van der Waals surface area contributed by atoms with Gasteiger partial charge >= 0.3 is 12.1 Å². The molecule has 0 saturated heterocycles. The van der Waals surface area contributed by atoms with E-state index < -0.39 is 35.1 Å². The van der Waals surface area contributed by atoms with E-state index in [1.165, 1.54) is 4.90 Å². The van der Waals surface area contributed by atoms with Gasteiger partial charge < -0.3 is 5.11 Å². The molecule has 3 nitrogen and oxygen atoms in total. The van der Waals surface area contributed by atoms with Crippen LogP contribution in [0, 0.1) is 5.82 Å². The van der Waals surface area contributed by atoms with E-state index in [-0.39, 0.29) is 13.1 Å². The molecule has 1 aromatic carbocycles. The van der Waals surface area contributed by atoms with E-state index in [0.717, 1.165) is 12.1 Å². The van der Waals surface area contributed by atoms with Crippen molar-refractivity contribution in [3.63, 3.8) is 0 Å². The highest BCUT2D eigenvalue weighted by atomic mass is 19.4. The first-order chi connectivity index (χ1) is 9.22. The number of carboxylic acids is 1. The van der Waals surface area contributed by atoms with Crippen molar-refractivity contribution in [2.75, 3.05) is 13.1 Å². The van der Waals surface area contributed by atoms with Crippen LogP contribution in [0.1, 0.15) is 31.0 Å². The largest absolute Gasteiger partial charge is 0.480 e. The summed E-state index contributed by atoms with van der Waals surface area (Å²) in [4.78, 5) is 12.7. The number of carboxylic acid groups (broad SMARTS) is 1. The van der Waals surface area contributed by atoms with Crippen LogP contribution in [-0.4, -0.2) is 29.1 Å². The monoisotopic (exact) mass is 293 g/mol. The number of likely N-dealkylation sites (N-methyl/N-ethyl adjacent to an activating group) is 1. The molecule has 0 radical (unpaired) electrons. The molecule has 0 heterocycles. The number of halogens is 4. The van der Waals surface area contributed by atoms with E-state index in [4.69, 9.17) is 0 Å². The number of hydrogen-bond acceptors (Lipinski definition) is 2. The molecule has 1 N–H and O–H groups in total. The van der Waals surface area contributed by atoms with Crippen molar-refractivity contribution in [2.45, 2.75) is 26.1 Å². The highest BCUT2D eigenvalue weighted by molar-refractivity contribution is 5.76. The molecule has 7 heteroatoms. The molecule has 1 atom stereocenters. The summed E-state index contributed by atoms with van der Waals surface area (Å²) in [5.41, 5.74) is -1.70. The van der Waals surface area contributed by atoms with Crippen LogP contribution in [0.15, 0.2) is 18.2 Å². The maximum absolute atomic E-state index is 13.0. The summed E-state index contributed by atoms with van der Waals surface area (Å²) in [6.07, 6.45) is -4.81. The van der Waals surface area contributed by atoms with Crippen molar-refractivity contribution in [1.29, 1.82) is 0 Å². The second-order valence-electron chi connectivity index (χ2n) is 4.19. The van der Waals surface area contributed by atoms with Gasteiger partial charge in [0, 0.05) is 0 Å². The van der Waals surface area contributed by atoms with Crippen LogP contribution >= 0.6 is 0 Å². The Bertz CT molecular complexity index is 484. The minimum absolute atomic E-state index is 0.266. The molecule has 112 valence electrons. The van der Waals surface area contributed by atoms with Crippen molar-refractivity contribution in [2.24, 2.45) is 0 Å². The Kier molecular flexibility index (Phi) is 5.10. The average Bonchev–Trinajstić information content (AvgIpc) is 2.35. The Balaban J connectivity index is 3.44. The van der Waals surface area contributed by atoms with Crippen molar-refractivity contribution in [3.05, 3.63) is 35.1 Å². The molecule has 0 aromatic heterocycles. The number of benzene rings is 1. The highest BCUT2D eigenvalue weighted by Crippen LogP contribution is 2.36. The Morgan fingerprint density at radius 1 is 1.30 bits per heavy atom. The number of rotatable bonds is 5. The lowest BCUT2D eigenvalue weighted by Crippen LogP contribution is -2.35. The molecule has 0 aliphatic heterocycles. The zero-order valence-corrected chi connectivity index (χ0v) is 11.0. The summed E-state index contributed by atoms with van der Waals surface area (Å²) < 4.78 is 51.9. The van der Waals surface area contributed by atoms with Gasteiger partial charge in [0.25, 0.3) is 0 Å². The Morgan fingerprint density at radius 3 is 2.25 bits per heavy atom. The number of alkyl halides is 3. The van der Waals surface area contributed by atoms with Crippen molar-refractivity contribution >= 4 is 5.97 Å². The summed E-state index contributed by atoms with van der Waals surface area (Å²) in [6, 6.07) is 0.593. The molecule has 0 fully saturated rings. The molecule has 0 bridgehead atoms. The fraction of sp³-hybridized carbons (Fsp3) is 0.462. The molecule has 20 heavy (non-hydrogen) atoms. The van der Waals surface area contributed by atoms with Gasteiger partial charge in [0.1, 0.15) is 11.9 Å². The van der Waals surface area contributed by atoms with Crippen LogP contribution in [0.2, 0.25) is 0 Å². The van der Waals surface area contributed by atoms with E-state index in [9.17, 15) is 27.5 Å². The van der Waals surface area contributed by atoms with Gasteiger partial charge in [-0.15, -0.1) is 0 Å². The van der Waals surface area contributed by atoms with Crippen molar-refractivity contribution in [1.82, 2.24) is 4.90 Å². The minimum atomic E-state index is -4.81. The summed E-state index contributed by atoms with van der Waals surface area (Å²) in [5, 5.41) is 9.22. The SMILES string of the molecule is CCN(CC)C(C(=O)O)c1ccc(F)cc1C(F)(F)F. The van der Waals surface area contributed by atoms with Gasteiger partial charge in [-0.1, -0.05) is 19.9 Å². The first-order valence-corrected chi connectivity index (χ1v) is 6.05. The second-order valence-corrected chi connectivity index (χ2v) is 4.19. The quantitative estimate of drug-likeness (QED) is 0.847. The van der Waals surface area contributed by atoms with Crippen LogP contribution in [-0.2, 0) is 11.0 Å². The van der Waals surface area contributed by atoms with E-state index in [0.29, 0.717) is 6.07 Å². The van der Waals surface area contributed by atoms with Gasteiger partial charge in [-0.2, -0.15) is 13.2 Å². The lowest BCUT2D eigenvalue weighted by Gasteiger charge is -2.28. The predicted octanol–water partition coefficient (Wildman–Crippen LogP) is 3.31. The maximum atomic E-state index is 13.0. The lowest BCUT2D eigenvalue weighted by atomic mass is 9.98. The van der Waals surface area contributed by atoms with E-state index in [1.807, 2.05) is 0 Å². The number of carbonyl (C=O) groups is 1. The fourth-order valence-corrected chi connectivity index (χ4v) is 2.09. The van der Waals surface area contributed by atoms with Gasteiger partial charge in [-0.05, 0) is 30.8 Å². The van der Waals surface area contributed by atoms with Crippen LogP contribution < -0.4 is 0 Å². The Morgan fingerprint density at radius 2 is 1.85 bits per heavy atom. The summed E-state index contributed by atoms with van der Waals surface area (Å²) >= 11 is 0. The van der Waals surface area contributed by atoms with E-state index in [1.54, 1.807) is 13.8 Å². The van der Waals surface area contributed by atoms with Crippen molar-refractivity contribution < 1.29 is 27.5 Å². The molecule has 1 rings (SSSR count). The second kappa shape index (κ2) is 6.21. The molecule has 0 spiro atoms. The molecule has 0 aliphatic carbocycles. The first-order valence-electron chi connectivity index (χ1n) is 6.05. The number of hydrogen-bond donors (Lipinski definition) is 1. The Labute approximate surface area is 113 Å². The highest BCUT2D eigenvalue weighted by Gasteiger charge is 2.38. The number of aliphatic carboxylic acids is 1. The molecule has 0 amide bonds. The van der Waals surface area contributed by atoms with Gasteiger partial charge in [0.05, 0.1) is 5.56 Å². The van der Waals surface area contributed by atoms with Gasteiger partial charge in [-0.3, -0.25) is 9.69 Å². The third kappa shape index (κ3) is 3.47. The van der Waals surface area contributed by atoms with Gasteiger partial charge in [-0.25, -0.2) is 4.39 Å². The topological polar surface area (TPSA) is 40.5 Å². The van der Waals surface area contributed by atoms with Crippen LogP contribution in [0.4, 0.5) is 17.6 Å². The normalized spacial score (nSPS) is 13.6. The smallest absolute Gasteiger partial charge is 0.416 e. The zero-order valence-electron chi connectivity index (χ0n) is 11.0. The first kappa shape index (κ1) is 16.4. The average molecular weight is 293 g/mol. The van der Waals surface area contributed by atoms with E-state index in [2.05, 4.69) is 0 Å². The summed E-state index contributed by atoms with van der Waals surface area (Å²) in [5.74, 6) is -2.45. The number of nitrogens with zero attached hydrogens (tertiary/aromatic N) is 1. The Hall–Kier alpha value is -1.63. The molecule has 0 aliphatic rings. The third-order valence-electron chi connectivity index (χ3n) is 3.03. The zero-order chi connectivity index (χ0) is 15.5. The van der Waals surface area contributed by atoms with Gasteiger partial charge in [0.15, 0.2) is 0 Å². The molecule has 1 unspecified atom stereocenters. The fourth-order valence-electron chi connectivity index (χ4n) is 2.09. The molecular formula is C13H15F4NO2. The molecule has 0 saturated carbocycles. The maximum Gasteiger partial charge on any atom is 0.416 e. The predicted molar refractivity (Wildman–Crippen MR) is 64.7 cm³/mol. The van der Waals surface area contributed by atoms with E-state index >= 15 is 0 Å². The van der Waals surface area contributed by atoms with Crippen LogP contribution in [0.25, 0.3) is 0 Å². The molecule has 1 aromatic rings. The lowest BCUT2D eigenvalue weighted by molar-refractivity contribution is -0.145. The summed E-state index contributed by atoms with van der Waals surface area (Å²) in [7, 11) is 0. The minimum Gasteiger partial charge on any atom is -0.480 e. The third-order valence-corrected chi connectivity index (χ3v) is 3.03. The molecular weight excluding hydrogens is 278 g/mol. The van der Waals surface area contributed by atoms with Gasteiger partial charge in [0.2, 0.25) is 0 Å². The van der Waals surface area contributed by atoms with Crippen LogP contribution in [0.3, 0.4) is 0 Å². The van der Waals surface area contributed by atoms with Crippen LogP contribution in [0.5, 0.6) is 0 Å². The summed E-state index contributed by atoms with van der Waals surface area (Å²) in [6.45, 7) is 3.83. The van der Waals surface area contributed by atoms with Crippen molar-refractivity contribution in [3.8, 4) is 0 Å². The standard InChI is InChI=1S/C13H15F4NO2/c1-3-18(4-2)11(12(19)20)9-6-5-8(14)7-10(9)13(15,16)17/h5-7,11H,3-4H2,1-2H3,(H,19,20).